The number of anilines is 1. The van der Waals surface area contributed by atoms with Gasteiger partial charge in [-0.1, -0.05) is 67.6 Å². The Labute approximate surface area is 169 Å². The number of benzene rings is 2. The number of nitrogens with one attached hydrogen (secondary N) is 1. The first kappa shape index (κ1) is 20.2. The zero-order valence-electron chi connectivity index (χ0n) is 15.6. The maximum atomic E-state index is 12.3. The van der Waals surface area contributed by atoms with Crippen molar-refractivity contribution in [1.82, 2.24) is 4.98 Å². The molecule has 2 aromatic carbocycles. The van der Waals surface area contributed by atoms with Gasteiger partial charge in [-0.2, -0.15) is 0 Å². The monoisotopic (exact) mass is 414 g/mol. The molecular formula is C21H22N2O3S2. The van der Waals surface area contributed by atoms with E-state index in [0.717, 1.165) is 28.1 Å². The van der Waals surface area contributed by atoms with Crippen LogP contribution < -0.4 is 5.32 Å². The van der Waals surface area contributed by atoms with E-state index in [1.165, 1.54) is 11.3 Å². The quantitative estimate of drug-likeness (QED) is 0.596. The highest BCUT2D eigenvalue weighted by Gasteiger charge is 2.17. The molecular weight excluding hydrogens is 392 g/mol. The number of amides is 1. The number of rotatable bonds is 8. The molecule has 5 nitrogen and oxygen atoms in total. The van der Waals surface area contributed by atoms with Crippen LogP contribution in [-0.4, -0.2) is 25.1 Å². The topological polar surface area (TPSA) is 76.1 Å². The van der Waals surface area contributed by atoms with Gasteiger partial charge < -0.3 is 5.32 Å². The molecule has 0 bridgehead atoms. The van der Waals surface area contributed by atoms with E-state index in [0.29, 0.717) is 5.13 Å². The number of nitrogens with zero attached hydrogens (tertiary/aromatic N) is 1. The van der Waals surface area contributed by atoms with E-state index in [9.17, 15) is 13.2 Å². The highest BCUT2D eigenvalue weighted by Crippen LogP contribution is 2.31. The number of carbonyl (C=O) groups is 1. The van der Waals surface area contributed by atoms with Gasteiger partial charge in [-0.15, -0.1) is 11.3 Å². The first-order valence-corrected chi connectivity index (χ1v) is 11.7. The molecule has 0 atom stereocenters. The summed E-state index contributed by atoms with van der Waals surface area (Å²) >= 11 is 1.43. The van der Waals surface area contributed by atoms with Crippen LogP contribution >= 0.6 is 11.3 Å². The molecule has 3 rings (SSSR count). The molecule has 1 amide bonds. The Morgan fingerprint density at radius 1 is 1.04 bits per heavy atom. The van der Waals surface area contributed by atoms with Crippen LogP contribution in [0.5, 0.6) is 0 Å². The molecule has 146 valence electrons. The smallest absolute Gasteiger partial charge is 0.227 e. The highest BCUT2D eigenvalue weighted by atomic mass is 32.2. The molecule has 0 aliphatic heterocycles. The molecule has 28 heavy (non-hydrogen) atoms. The predicted molar refractivity (Wildman–Crippen MR) is 114 cm³/mol. The standard InChI is InChI=1S/C21H22N2O3S2/c1-2-18-20(17-11-7-4-8-12-17)23-21(27-18)22-19(24)13-14-28(25,26)15-16-9-5-3-6-10-16/h3-12H,2,13-15H2,1H3,(H,22,23,24). The first-order chi connectivity index (χ1) is 13.5. The van der Waals surface area contributed by atoms with Gasteiger partial charge in [-0.25, -0.2) is 13.4 Å². The van der Waals surface area contributed by atoms with Crippen LogP contribution in [0.1, 0.15) is 23.8 Å². The van der Waals surface area contributed by atoms with Gasteiger partial charge >= 0.3 is 0 Å². The molecule has 3 aromatic rings. The minimum atomic E-state index is -3.35. The molecule has 0 aliphatic carbocycles. The van der Waals surface area contributed by atoms with Crippen molar-refractivity contribution < 1.29 is 13.2 Å². The third kappa shape index (κ3) is 5.50. The summed E-state index contributed by atoms with van der Waals surface area (Å²) in [5.41, 5.74) is 2.59. The Hall–Kier alpha value is -2.51. The average molecular weight is 415 g/mol. The van der Waals surface area contributed by atoms with E-state index < -0.39 is 9.84 Å². The van der Waals surface area contributed by atoms with E-state index >= 15 is 0 Å². The number of thiazole rings is 1. The van der Waals surface area contributed by atoms with Crippen molar-refractivity contribution in [2.45, 2.75) is 25.5 Å². The normalized spacial score (nSPS) is 11.3. The minimum Gasteiger partial charge on any atom is -0.302 e. The van der Waals surface area contributed by atoms with E-state index in [2.05, 4.69) is 10.3 Å². The Morgan fingerprint density at radius 3 is 2.32 bits per heavy atom. The number of hydrogen-bond acceptors (Lipinski definition) is 5. The van der Waals surface area contributed by atoms with Gasteiger partial charge in [0.15, 0.2) is 15.0 Å². The number of carbonyl (C=O) groups excluding carboxylic acids is 1. The molecule has 0 saturated carbocycles. The highest BCUT2D eigenvalue weighted by molar-refractivity contribution is 7.90. The fourth-order valence-corrected chi connectivity index (χ4v) is 5.08. The van der Waals surface area contributed by atoms with Crippen LogP contribution in [0.25, 0.3) is 11.3 Å². The largest absolute Gasteiger partial charge is 0.302 e. The zero-order chi connectivity index (χ0) is 20.0. The Bertz CT molecular complexity index is 1030. The molecule has 0 unspecified atom stereocenters. The summed E-state index contributed by atoms with van der Waals surface area (Å²) in [6.07, 6.45) is 0.722. The minimum absolute atomic E-state index is 0.0590. The summed E-state index contributed by atoms with van der Waals surface area (Å²) in [6, 6.07) is 18.8. The number of sulfone groups is 1. The molecule has 1 aromatic heterocycles. The summed E-state index contributed by atoms with van der Waals surface area (Å²) in [5.74, 6) is -0.588. The Morgan fingerprint density at radius 2 is 1.68 bits per heavy atom. The van der Waals surface area contributed by atoms with E-state index in [1.807, 2.05) is 43.3 Å². The van der Waals surface area contributed by atoms with Crippen LogP contribution in [-0.2, 0) is 26.8 Å². The number of hydrogen-bond donors (Lipinski definition) is 1. The van der Waals surface area contributed by atoms with Crippen LogP contribution in [0.2, 0.25) is 0 Å². The summed E-state index contributed by atoms with van der Waals surface area (Å²) in [7, 11) is -3.35. The first-order valence-electron chi connectivity index (χ1n) is 9.06. The second-order valence-electron chi connectivity index (χ2n) is 6.39. The van der Waals surface area contributed by atoms with Gasteiger partial charge in [-0.05, 0) is 12.0 Å². The van der Waals surface area contributed by atoms with Crippen LogP contribution in [0, 0.1) is 0 Å². The van der Waals surface area contributed by atoms with Gasteiger partial charge in [0.25, 0.3) is 0 Å². The summed E-state index contributed by atoms with van der Waals surface area (Å²) < 4.78 is 24.5. The van der Waals surface area contributed by atoms with Crippen molar-refractivity contribution in [2.75, 3.05) is 11.1 Å². The van der Waals surface area contributed by atoms with Gasteiger partial charge in [0.2, 0.25) is 5.91 Å². The fraction of sp³-hybridized carbons (Fsp3) is 0.238. The van der Waals surface area contributed by atoms with Crippen molar-refractivity contribution in [3.8, 4) is 11.3 Å². The van der Waals surface area contributed by atoms with E-state index in [1.54, 1.807) is 24.3 Å². The lowest BCUT2D eigenvalue weighted by Crippen LogP contribution is -2.18. The Kier molecular flexibility index (Phi) is 6.59. The lowest BCUT2D eigenvalue weighted by atomic mass is 10.1. The third-order valence-corrected chi connectivity index (χ3v) is 6.90. The molecule has 1 N–H and O–H groups in total. The predicted octanol–water partition coefficient (Wildman–Crippen LogP) is 4.32. The maximum Gasteiger partial charge on any atom is 0.227 e. The molecule has 1 heterocycles. The van der Waals surface area contributed by atoms with Gasteiger partial charge in [0, 0.05) is 16.9 Å². The van der Waals surface area contributed by atoms with Crippen molar-refractivity contribution >= 4 is 32.2 Å². The van der Waals surface area contributed by atoms with Crippen molar-refractivity contribution in [1.29, 1.82) is 0 Å². The third-order valence-electron chi connectivity index (χ3n) is 4.18. The number of aromatic nitrogens is 1. The lowest BCUT2D eigenvalue weighted by molar-refractivity contribution is -0.115. The van der Waals surface area contributed by atoms with Crippen molar-refractivity contribution in [3.05, 3.63) is 71.1 Å². The summed E-state index contributed by atoms with van der Waals surface area (Å²) in [6.45, 7) is 2.04. The second kappa shape index (κ2) is 9.12. The second-order valence-corrected chi connectivity index (χ2v) is 9.65. The van der Waals surface area contributed by atoms with Gasteiger partial charge in [-0.3, -0.25) is 4.79 Å². The molecule has 0 saturated heterocycles. The molecule has 0 radical (unpaired) electrons. The lowest BCUT2D eigenvalue weighted by Gasteiger charge is -2.05. The van der Waals surface area contributed by atoms with Gasteiger partial charge in [0.1, 0.15) is 0 Å². The Balaban J connectivity index is 1.61. The van der Waals surface area contributed by atoms with Crippen LogP contribution in [0.4, 0.5) is 5.13 Å². The van der Waals surface area contributed by atoms with Gasteiger partial charge in [0.05, 0.1) is 17.2 Å². The number of aryl methyl sites for hydroxylation is 1. The fourth-order valence-electron chi connectivity index (χ4n) is 2.80. The van der Waals surface area contributed by atoms with Crippen LogP contribution in [0.15, 0.2) is 60.7 Å². The van der Waals surface area contributed by atoms with Crippen molar-refractivity contribution in [3.63, 3.8) is 0 Å². The van der Waals surface area contributed by atoms with E-state index in [4.69, 9.17) is 0 Å². The average Bonchev–Trinajstić information content (AvgIpc) is 3.10. The molecule has 7 heteroatoms. The van der Waals surface area contributed by atoms with Crippen molar-refractivity contribution in [2.24, 2.45) is 0 Å². The zero-order valence-corrected chi connectivity index (χ0v) is 17.2. The molecule has 0 fully saturated rings. The maximum absolute atomic E-state index is 12.3. The molecule has 0 aliphatic rings. The van der Waals surface area contributed by atoms with Crippen LogP contribution in [0.3, 0.4) is 0 Å². The summed E-state index contributed by atoms with van der Waals surface area (Å²) in [4.78, 5) is 17.9. The molecule has 0 spiro atoms. The summed E-state index contributed by atoms with van der Waals surface area (Å²) in [5, 5.41) is 3.25. The SMILES string of the molecule is CCc1sc(NC(=O)CCS(=O)(=O)Cc2ccccc2)nc1-c1ccccc1. The van der Waals surface area contributed by atoms with E-state index in [-0.39, 0.29) is 23.8 Å².